The minimum Gasteiger partial charge on any atom is -0.465 e. The van der Waals surface area contributed by atoms with E-state index in [-0.39, 0.29) is 5.56 Å². The number of rotatable bonds is 8. The van der Waals surface area contributed by atoms with E-state index >= 15 is 0 Å². The largest absolute Gasteiger partial charge is 0.465 e. The summed E-state index contributed by atoms with van der Waals surface area (Å²) in [7, 11) is 1.31. The summed E-state index contributed by atoms with van der Waals surface area (Å²) in [4.78, 5) is 16.7. The Labute approximate surface area is 248 Å². The molecule has 0 atom stereocenters. The van der Waals surface area contributed by atoms with Crippen LogP contribution in [0.1, 0.15) is 28.7 Å². The summed E-state index contributed by atoms with van der Waals surface area (Å²) in [6, 6.07) is 26.3. The first-order valence-electron chi connectivity index (χ1n) is 12.9. The van der Waals surface area contributed by atoms with E-state index < -0.39 is 5.97 Å². The van der Waals surface area contributed by atoms with E-state index in [0.717, 1.165) is 40.3 Å². The molecule has 0 amide bonds. The zero-order chi connectivity index (χ0) is 28.9. The van der Waals surface area contributed by atoms with Crippen LogP contribution in [0.25, 0.3) is 34.5 Å². The van der Waals surface area contributed by atoms with Gasteiger partial charge in [0.05, 0.1) is 23.4 Å². The number of halogens is 2. The average Bonchev–Trinajstić information content (AvgIpc) is 3.40. The minimum absolute atomic E-state index is 0.265. The van der Waals surface area contributed by atoms with Gasteiger partial charge in [0.1, 0.15) is 17.3 Å². The predicted octanol–water partition coefficient (Wildman–Crippen LogP) is 8.88. The van der Waals surface area contributed by atoms with Gasteiger partial charge in [0.15, 0.2) is 0 Å². The lowest BCUT2D eigenvalue weighted by Crippen LogP contribution is -2.05. The molecular weight excluding hydrogens is 557 g/mol. The van der Waals surface area contributed by atoms with E-state index in [4.69, 9.17) is 43.4 Å². The predicted molar refractivity (Wildman–Crippen MR) is 166 cm³/mol. The van der Waals surface area contributed by atoms with Crippen LogP contribution in [0.3, 0.4) is 0 Å². The molecule has 6 nitrogen and oxygen atoms in total. The number of ether oxygens (including phenoxy) is 2. The average molecular weight is 585 g/mol. The van der Waals surface area contributed by atoms with Crippen molar-refractivity contribution < 1.29 is 14.3 Å². The maximum Gasteiger partial charge on any atom is 0.340 e. The molecule has 0 radical (unpaired) electrons. The van der Waals surface area contributed by atoms with Crippen molar-refractivity contribution in [3.63, 3.8) is 0 Å². The number of hydrogen-bond donors (Lipinski definition) is 1. The number of anilines is 1. The van der Waals surface area contributed by atoms with Crippen molar-refractivity contribution in [1.29, 1.82) is 0 Å². The van der Waals surface area contributed by atoms with Crippen molar-refractivity contribution in [2.24, 2.45) is 0 Å². The third-order valence-electron chi connectivity index (χ3n) is 6.54. The first kappa shape index (κ1) is 28.0. The third kappa shape index (κ3) is 6.46. The van der Waals surface area contributed by atoms with Crippen LogP contribution in [0.15, 0.2) is 91.1 Å². The SMILES string of the molecule is CCn1cc(-c2ccc(Cl)cc2Cl)nc1/C=C/c1ccc(-c2ccc(Oc3ccc(N)c(C(=O)OC)c3)cc2)cc1. The molecule has 4 aromatic carbocycles. The van der Waals surface area contributed by atoms with Crippen molar-refractivity contribution >= 4 is 47.0 Å². The van der Waals surface area contributed by atoms with E-state index in [1.54, 1.807) is 24.3 Å². The molecule has 0 bridgehead atoms. The van der Waals surface area contributed by atoms with Crippen LogP contribution >= 0.6 is 23.2 Å². The van der Waals surface area contributed by atoms with Crippen LogP contribution in [0.4, 0.5) is 5.69 Å². The summed E-state index contributed by atoms with van der Waals surface area (Å²) in [6.45, 7) is 2.86. The van der Waals surface area contributed by atoms with E-state index in [2.05, 4.69) is 35.8 Å². The zero-order valence-electron chi connectivity index (χ0n) is 22.5. The maximum absolute atomic E-state index is 11.9. The van der Waals surface area contributed by atoms with Crippen molar-refractivity contribution in [1.82, 2.24) is 9.55 Å². The van der Waals surface area contributed by atoms with E-state index in [0.29, 0.717) is 27.2 Å². The number of hydrogen-bond acceptors (Lipinski definition) is 5. The van der Waals surface area contributed by atoms with Gasteiger partial charge in [-0.15, -0.1) is 0 Å². The number of imidazole rings is 1. The molecule has 5 aromatic rings. The van der Waals surface area contributed by atoms with Gasteiger partial charge in [0.25, 0.3) is 0 Å². The molecule has 0 aliphatic rings. The Morgan fingerprint density at radius 1 is 0.902 bits per heavy atom. The Morgan fingerprint density at radius 3 is 2.24 bits per heavy atom. The molecule has 0 saturated carbocycles. The summed E-state index contributed by atoms with van der Waals surface area (Å²) in [5.74, 6) is 1.47. The van der Waals surface area contributed by atoms with Crippen molar-refractivity contribution in [2.45, 2.75) is 13.5 Å². The molecule has 0 spiro atoms. The van der Waals surface area contributed by atoms with Crippen LogP contribution in [0, 0.1) is 0 Å². The van der Waals surface area contributed by atoms with Gasteiger partial charge in [-0.25, -0.2) is 9.78 Å². The van der Waals surface area contributed by atoms with Gasteiger partial charge in [0.2, 0.25) is 0 Å². The molecule has 0 aliphatic carbocycles. The molecular formula is C33H27Cl2N3O3. The number of esters is 1. The second-order valence-electron chi connectivity index (χ2n) is 9.22. The summed E-state index contributed by atoms with van der Waals surface area (Å²) >= 11 is 12.5. The molecule has 206 valence electrons. The van der Waals surface area contributed by atoms with Crippen LogP contribution in [-0.2, 0) is 11.3 Å². The molecule has 0 saturated heterocycles. The van der Waals surface area contributed by atoms with Gasteiger partial charge in [0, 0.05) is 29.0 Å². The molecule has 0 unspecified atom stereocenters. The van der Waals surface area contributed by atoms with Crippen molar-refractivity contribution in [3.8, 4) is 33.9 Å². The van der Waals surface area contributed by atoms with E-state index in [1.165, 1.54) is 7.11 Å². The fourth-order valence-corrected chi connectivity index (χ4v) is 4.84. The summed E-state index contributed by atoms with van der Waals surface area (Å²) in [5.41, 5.74) is 11.3. The second kappa shape index (κ2) is 12.3. The minimum atomic E-state index is -0.509. The van der Waals surface area contributed by atoms with Crippen molar-refractivity contribution in [2.75, 3.05) is 12.8 Å². The van der Waals surface area contributed by atoms with Gasteiger partial charge < -0.3 is 19.8 Å². The molecule has 2 N–H and O–H groups in total. The molecule has 1 heterocycles. The number of nitrogens with two attached hydrogens (primary N) is 1. The van der Waals surface area contributed by atoms with Gasteiger partial charge in [-0.1, -0.05) is 65.7 Å². The highest BCUT2D eigenvalue weighted by atomic mass is 35.5. The Balaban J connectivity index is 1.28. The van der Waals surface area contributed by atoms with Crippen LogP contribution < -0.4 is 10.5 Å². The maximum atomic E-state index is 11.9. The summed E-state index contributed by atoms with van der Waals surface area (Å²) in [5, 5.41) is 1.16. The lowest BCUT2D eigenvalue weighted by atomic mass is 10.0. The molecule has 41 heavy (non-hydrogen) atoms. The smallest absolute Gasteiger partial charge is 0.340 e. The lowest BCUT2D eigenvalue weighted by Gasteiger charge is -2.10. The standard InChI is InChI=1S/C33H27Cl2N3O3/c1-3-38-20-31(27-15-11-24(34)18-29(27)35)37-32(38)17-6-21-4-7-22(8-5-21)23-9-12-25(13-10-23)41-26-14-16-30(36)28(19-26)33(39)40-2/h4-20H,3,36H2,1-2H3/b17-6+. The van der Waals surface area contributed by atoms with Gasteiger partial charge in [-0.3, -0.25) is 0 Å². The quantitative estimate of drug-likeness (QED) is 0.146. The van der Waals surface area contributed by atoms with E-state index in [1.807, 2.05) is 54.7 Å². The fraction of sp³-hybridized carbons (Fsp3) is 0.0909. The number of aryl methyl sites for hydroxylation is 1. The monoisotopic (exact) mass is 583 g/mol. The molecule has 0 aliphatic heterocycles. The van der Waals surface area contributed by atoms with Crippen molar-refractivity contribution in [3.05, 3.63) is 118 Å². The van der Waals surface area contributed by atoms with Crippen LogP contribution in [-0.4, -0.2) is 22.6 Å². The number of nitrogens with zero attached hydrogens (tertiary/aromatic N) is 2. The fourth-order valence-electron chi connectivity index (χ4n) is 4.34. The van der Waals surface area contributed by atoms with Gasteiger partial charge in [-0.2, -0.15) is 0 Å². The topological polar surface area (TPSA) is 79.4 Å². The molecule has 5 rings (SSSR count). The normalized spacial score (nSPS) is 11.1. The van der Waals surface area contributed by atoms with Gasteiger partial charge in [-0.05, 0) is 78.2 Å². The first-order valence-corrected chi connectivity index (χ1v) is 13.7. The van der Waals surface area contributed by atoms with E-state index in [9.17, 15) is 4.79 Å². The zero-order valence-corrected chi connectivity index (χ0v) is 24.0. The number of methoxy groups -OCH3 is 1. The lowest BCUT2D eigenvalue weighted by molar-refractivity contribution is 0.0601. The van der Waals surface area contributed by atoms with Crippen LogP contribution in [0.2, 0.25) is 10.0 Å². The number of carbonyl (C=O) groups is 1. The number of carbonyl (C=O) groups excluding carboxylic acids is 1. The molecule has 0 fully saturated rings. The Hall–Kier alpha value is -4.52. The van der Waals surface area contributed by atoms with Crippen LogP contribution in [0.5, 0.6) is 11.5 Å². The second-order valence-corrected chi connectivity index (χ2v) is 10.1. The molecule has 1 aromatic heterocycles. The number of aromatic nitrogens is 2. The number of benzene rings is 4. The Bertz CT molecular complexity index is 1730. The highest BCUT2D eigenvalue weighted by molar-refractivity contribution is 6.36. The highest BCUT2D eigenvalue weighted by Gasteiger charge is 2.12. The first-order chi connectivity index (χ1) is 19.8. The molecule has 8 heteroatoms. The summed E-state index contributed by atoms with van der Waals surface area (Å²) < 4.78 is 12.8. The Morgan fingerprint density at radius 2 is 1.59 bits per heavy atom. The van der Waals surface area contributed by atoms with Gasteiger partial charge >= 0.3 is 5.97 Å². The number of nitrogen functional groups attached to an aromatic ring is 1. The third-order valence-corrected chi connectivity index (χ3v) is 7.09. The Kier molecular flexibility index (Phi) is 8.43. The summed E-state index contributed by atoms with van der Waals surface area (Å²) in [6.07, 6.45) is 6.04. The highest BCUT2D eigenvalue weighted by Crippen LogP contribution is 2.31.